The summed E-state index contributed by atoms with van der Waals surface area (Å²) < 4.78 is 18.1. The predicted molar refractivity (Wildman–Crippen MR) is 63.8 cm³/mol. The fourth-order valence-corrected chi connectivity index (χ4v) is 1.35. The molecular weight excluding hydrogens is 223 g/mol. The molecule has 0 saturated heterocycles. The number of amides is 1. The van der Waals surface area contributed by atoms with Crippen LogP contribution >= 0.6 is 0 Å². The number of halogens is 1. The molecule has 0 aromatic heterocycles. The number of likely N-dealkylation sites (N-methyl/N-ethyl adjacent to an activating group) is 1. The van der Waals surface area contributed by atoms with Crippen LogP contribution in [0.1, 0.15) is 17.3 Å². The minimum atomic E-state index is -0.535. The molecule has 4 nitrogen and oxygen atoms in total. The Hall–Kier alpha value is -1.62. The van der Waals surface area contributed by atoms with Crippen molar-refractivity contribution in [3.05, 3.63) is 29.6 Å². The molecule has 0 heterocycles. The molecule has 0 atom stereocenters. The largest absolute Gasteiger partial charge is 0.494 e. The molecule has 1 rings (SSSR count). The van der Waals surface area contributed by atoms with E-state index in [1.807, 2.05) is 6.92 Å². The minimum absolute atomic E-state index is 0.134. The monoisotopic (exact) mass is 240 g/mol. The van der Waals surface area contributed by atoms with Crippen LogP contribution in [0.2, 0.25) is 0 Å². The van der Waals surface area contributed by atoms with Crippen LogP contribution in [-0.4, -0.2) is 32.7 Å². The molecule has 5 heteroatoms. The second-order valence-electron chi connectivity index (χ2n) is 3.46. The highest BCUT2D eigenvalue weighted by molar-refractivity contribution is 5.94. The lowest BCUT2D eigenvalue weighted by atomic mass is 10.2. The van der Waals surface area contributed by atoms with Gasteiger partial charge in [0.1, 0.15) is 0 Å². The SMILES string of the molecule is CCNCCNC(=O)c1ccc(OC)c(F)c1. The first-order chi connectivity index (χ1) is 8.19. The molecule has 17 heavy (non-hydrogen) atoms. The van der Waals surface area contributed by atoms with Crippen LogP contribution < -0.4 is 15.4 Å². The van der Waals surface area contributed by atoms with Crippen LogP contribution in [0.25, 0.3) is 0 Å². The standard InChI is InChI=1S/C12H17FN2O2/c1-3-14-6-7-15-12(16)9-4-5-11(17-2)10(13)8-9/h4-5,8,14H,3,6-7H2,1-2H3,(H,15,16). The molecule has 0 aliphatic rings. The van der Waals surface area contributed by atoms with Crippen molar-refractivity contribution in [1.29, 1.82) is 0 Å². The Kier molecular flexibility index (Phi) is 5.42. The number of rotatable bonds is 6. The molecule has 0 aliphatic heterocycles. The van der Waals surface area contributed by atoms with Crippen LogP contribution in [0.5, 0.6) is 5.75 Å². The van der Waals surface area contributed by atoms with Crippen LogP contribution in [-0.2, 0) is 0 Å². The quantitative estimate of drug-likeness (QED) is 0.734. The van der Waals surface area contributed by atoms with Gasteiger partial charge in [-0.25, -0.2) is 4.39 Å². The van der Waals surface area contributed by atoms with E-state index in [1.54, 1.807) is 0 Å². The fraction of sp³-hybridized carbons (Fsp3) is 0.417. The molecule has 94 valence electrons. The zero-order chi connectivity index (χ0) is 12.7. The zero-order valence-corrected chi connectivity index (χ0v) is 10.0. The van der Waals surface area contributed by atoms with E-state index in [-0.39, 0.29) is 11.7 Å². The number of nitrogens with one attached hydrogen (secondary N) is 2. The fourth-order valence-electron chi connectivity index (χ4n) is 1.35. The van der Waals surface area contributed by atoms with Crippen molar-refractivity contribution in [3.8, 4) is 5.75 Å². The van der Waals surface area contributed by atoms with Crippen molar-refractivity contribution < 1.29 is 13.9 Å². The maximum atomic E-state index is 13.3. The lowest BCUT2D eigenvalue weighted by molar-refractivity contribution is 0.0953. The Bertz CT molecular complexity index is 383. The van der Waals surface area contributed by atoms with Gasteiger partial charge >= 0.3 is 0 Å². The first-order valence-corrected chi connectivity index (χ1v) is 5.51. The number of ether oxygens (including phenoxy) is 1. The number of methoxy groups -OCH3 is 1. The molecule has 0 bridgehead atoms. The van der Waals surface area contributed by atoms with Gasteiger partial charge in [-0.1, -0.05) is 6.92 Å². The average molecular weight is 240 g/mol. The van der Waals surface area contributed by atoms with E-state index < -0.39 is 5.82 Å². The number of carbonyl (C=O) groups excluding carboxylic acids is 1. The normalized spacial score (nSPS) is 10.1. The van der Waals surface area contributed by atoms with Crippen LogP contribution in [0.15, 0.2) is 18.2 Å². The smallest absolute Gasteiger partial charge is 0.251 e. The van der Waals surface area contributed by atoms with E-state index in [0.717, 1.165) is 6.54 Å². The molecule has 1 aromatic rings. The highest BCUT2D eigenvalue weighted by atomic mass is 19.1. The Morgan fingerprint density at radius 1 is 1.41 bits per heavy atom. The summed E-state index contributed by atoms with van der Waals surface area (Å²) in [6, 6.07) is 4.14. The lowest BCUT2D eigenvalue weighted by Gasteiger charge is -2.07. The summed E-state index contributed by atoms with van der Waals surface area (Å²) in [4.78, 5) is 11.6. The zero-order valence-electron chi connectivity index (χ0n) is 10.0. The Morgan fingerprint density at radius 2 is 2.18 bits per heavy atom. The third-order valence-corrected chi connectivity index (χ3v) is 2.25. The molecule has 0 spiro atoms. The Labute approximate surface area is 100 Å². The number of hydrogen-bond acceptors (Lipinski definition) is 3. The minimum Gasteiger partial charge on any atom is -0.494 e. The van der Waals surface area contributed by atoms with Crippen LogP contribution in [0.3, 0.4) is 0 Å². The Balaban J connectivity index is 2.54. The summed E-state index contributed by atoms with van der Waals surface area (Å²) in [5.41, 5.74) is 0.291. The van der Waals surface area contributed by atoms with Gasteiger partial charge in [0.05, 0.1) is 7.11 Å². The maximum absolute atomic E-state index is 13.3. The summed E-state index contributed by atoms with van der Waals surface area (Å²) in [6.45, 7) is 4.05. The summed E-state index contributed by atoms with van der Waals surface area (Å²) in [6.07, 6.45) is 0. The van der Waals surface area contributed by atoms with Crippen molar-refractivity contribution in [2.45, 2.75) is 6.92 Å². The van der Waals surface area contributed by atoms with Crippen molar-refractivity contribution in [3.63, 3.8) is 0 Å². The van der Waals surface area contributed by atoms with Gasteiger partial charge in [-0.05, 0) is 24.7 Å². The predicted octanol–water partition coefficient (Wildman–Crippen LogP) is 1.17. The molecule has 0 saturated carbocycles. The molecule has 1 aromatic carbocycles. The Morgan fingerprint density at radius 3 is 2.76 bits per heavy atom. The van der Waals surface area contributed by atoms with Gasteiger partial charge in [-0.2, -0.15) is 0 Å². The molecule has 0 fully saturated rings. The van der Waals surface area contributed by atoms with Crippen molar-refractivity contribution >= 4 is 5.91 Å². The lowest BCUT2D eigenvalue weighted by Crippen LogP contribution is -2.31. The van der Waals surface area contributed by atoms with E-state index in [1.165, 1.54) is 25.3 Å². The van der Waals surface area contributed by atoms with Crippen LogP contribution in [0.4, 0.5) is 4.39 Å². The third-order valence-electron chi connectivity index (χ3n) is 2.25. The number of carbonyl (C=O) groups is 1. The topological polar surface area (TPSA) is 50.4 Å². The van der Waals surface area contributed by atoms with Gasteiger partial charge in [0.15, 0.2) is 11.6 Å². The van der Waals surface area contributed by atoms with E-state index in [9.17, 15) is 9.18 Å². The number of hydrogen-bond donors (Lipinski definition) is 2. The third kappa shape index (κ3) is 4.03. The summed E-state index contributed by atoms with van der Waals surface area (Å²) in [5, 5.41) is 5.77. The van der Waals surface area contributed by atoms with Gasteiger partial charge in [0, 0.05) is 18.7 Å². The maximum Gasteiger partial charge on any atom is 0.251 e. The van der Waals surface area contributed by atoms with Gasteiger partial charge < -0.3 is 15.4 Å². The summed E-state index contributed by atoms with van der Waals surface area (Å²) in [7, 11) is 1.38. The first-order valence-electron chi connectivity index (χ1n) is 5.51. The van der Waals surface area contributed by atoms with Gasteiger partial charge in [0.25, 0.3) is 5.91 Å². The second kappa shape index (κ2) is 6.85. The average Bonchev–Trinajstić information content (AvgIpc) is 2.34. The highest BCUT2D eigenvalue weighted by Crippen LogP contribution is 2.17. The number of benzene rings is 1. The van der Waals surface area contributed by atoms with Gasteiger partial charge in [-0.3, -0.25) is 4.79 Å². The summed E-state index contributed by atoms with van der Waals surface area (Å²) in [5.74, 6) is -0.689. The summed E-state index contributed by atoms with van der Waals surface area (Å²) >= 11 is 0. The molecule has 0 unspecified atom stereocenters. The second-order valence-corrected chi connectivity index (χ2v) is 3.46. The van der Waals surface area contributed by atoms with E-state index in [4.69, 9.17) is 4.74 Å². The van der Waals surface area contributed by atoms with Crippen molar-refractivity contribution in [1.82, 2.24) is 10.6 Å². The molecular formula is C12H17FN2O2. The van der Waals surface area contributed by atoms with Gasteiger partial charge in [0.2, 0.25) is 0 Å². The van der Waals surface area contributed by atoms with E-state index in [0.29, 0.717) is 18.7 Å². The molecule has 2 N–H and O–H groups in total. The van der Waals surface area contributed by atoms with Crippen LogP contribution in [0, 0.1) is 5.82 Å². The van der Waals surface area contributed by atoms with E-state index in [2.05, 4.69) is 10.6 Å². The molecule has 0 aliphatic carbocycles. The van der Waals surface area contributed by atoms with E-state index >= 15 is 0 Å². The molecule has 1 amide bonds. The van der Waals surface area contributed by atoms with Crippen molar-refractivity contribution in [2.24, 2.45) is 0 Å². The first kappa shape index (κ1) is 13.4. The van der Waals surface area contributed by atoms with Gasteiger partial charge in [-0.15, -0.1) is 0 Å². The highest BCUT2D eigenvalue weighted by Gasteiger charge is 2.09. The van der Waals surface area contributed by atoms with Crippen molar-refractivity contribution in [2.75, 3.05) is 26.7 Å². The molecule has 0 radical (unpaired) electrons.